The Morgan fingerprint density at radius 3 is 2.76 bits per heavy atom. The molecule has 13 heteroatoms. The second kappa shape index (κ2) is 10.8. The fourth-order valence-electron chi connectivity index (χ4n) is 4.28. The minimum absolute atomic E-state index is 0.0786. The van der Waals surface area contributed by atoms with E-state index < -0.39 is 15.9 Å². The van der Waals surface area contributed by atoms with Gasteiger partial charge in [0.1, 0.15) is 15.5 Å². The summed E-state index contributed by atoms with van der Waals surface area (Å²) in [5.74, 6) is -0.192. The summed E-state index contributed by atoms with van der Waals surface area (Å²) < 4.78 is 34.6. The molecule has 0 saturated carbocycles. The third-order valence-corrected chi connectivity index (χ3v) is 11.2. The molecule has 1 saturated heterocycles. The number of halogens is 2. The summed E-state index contributed by atoms with van der Waals surface area (Å²) in [6.07, 6.45) is 4.49. The quantitative estimate of drug-likeness (QED) is 0.271. The number of piperidine rings is 1. The lowest BCUT2D eigenvalue weighted by atomic mass is 9.98. The number of nitrogens with zero attached hydrogens (tertiary/aromatic N) is 4. The Hall–Kier alpha value is -2.28. The van der Waals surface area contributed by atoms with Crippen molar-refractivity contribution in [1.82, 2.24) is 14.3 Å². The van der Waals surface area contributed by atoms with Gasteiger partial charge in [-0.25, -0.2) is 13.4 Å². The van der Waals surface area contributed by atoms with E-state index in [2.05, 4.69) is 4.98 Å². The minimum Gasteiger partial charge on any atom is -0.494 e. The Labute approximate surface area is 232 Å². The lowest BCUT2D eigenvalue weighted by Gasteiger charge is -2.33. The van der Waals surface area contributed by atoms with Crippen LogP contribution in [0, 0.1) is 5.92 Å². The number of rotatable bonds is 7. The summed E-state index contributed by atoms with van der Waals surface area (Å²) in [6, 6.07) is 10.2. The normalized spacial score (nSPS) is 16.7. The van der Waals surface area contributed by atoms with E-state index in [0.717, 1.165) is 16.9 Å². The van der Waals surface area contributed by atoms with Gasteiger partial charge in [0, 0.05) is 25.5 Å². The SMILES string of the molecule is COc1ccc(Cl)c2sc(N(Cc3cccnc3)C(=O)C3CCCN(S(=O)(=O)c4ccc(Cl)s4)C3)nc12. The number of aromatic nitrogens is 2. The number of hydrogen-bond acceptors (Lipinski definition) is 8. The zero-order chi connectivity index (χ0) is 26.2. The maximum Gasteiger partial charge on any atom is 0.252 e. The molecule has 1 aliphatic rings. The number of amides is 1. The fourth-order valence-corrected chi connectivity index (χ4v) is 8.70. The van der Waals surface area contributed by atoms with E-state index in [0.29, 0.717) is 49.8 Å². The van der Waals surface area contributed by atoms with Crippen LogP contribution in [0.4, 0.5) is 5.13 Å². The van der Waals surface area contributed by atoms with Crippen LogP contribution < -0.4 is 9.64 Å². The zero-order valence-electron chi connectivity index (χ0n) is 19.6. The predicted molar refractivity (Wildman–Crippen MR) is 147 cm³/mol. The van der Waals surface area contributed by atoms with Crippen molar-refractivity contribution in [1.29, 1.82) is 0 Å². The van der Waals surface area contributed by atoms with Gasteiger partial charge in [0.2, 0.25) is 5.91 Å². The highest BCUT2D eigenvalue weighted by Crippen LogP contribution is 2.40. The van der Waals surface area contributed by atoms with Crippen LogP contribution in [0.1, 0.15) is 18.4 Å². The standard InChI is InChI=1S/C24H22Cl2N4O4S3/c1-34-18-7-6-17(25)22-21(18)28-24(36-22)30(13-15-4-2-10-27-12-15)23(31)16-5-3-11-29(14-16)37(32,33)20-9-8-19(26)35-20/h2,4,6-10,12,16H,3,5,11,13-14H2,1H3. The van der Waals surface area contributed by atoms with Gasteiger partial charge < -0.3 is 4.74 Å². The number of pyridine rings is 1. The van der Waals surface area contributed by atoms with Crippen molar-refractivity contribution in [2.24, 2.45) is 5.92 Å². The molecule has 4 heterocycles. The first kappa shape index (κ1) is 26.3. The third-order valence-electron chi connectivity index (χ3n) is 6.10. The van der Waals surface area contributed by atoms with Crippen LogP contribution in [-0.2, 0) is 21.4 Å². The van der Waals surface area contributed by atoms with E-state index in [4.69, 9.17) is 32.9 Å². The Morgan fingerprint density at radius 2 is 2.05 bits per heavy atom. The summed E-state index contributed by atoms with van der Waals surface area (Å²) in [5.41, 5.74) is 1.39. The molecular formula is C24H22Cl2N4O4S3. The highest BCUT2D eigenvalue weighted by Gasteiger charge is 2.37. The monoisotopic (exact) mass is 596 g/mol. The van der Waals surface area contributed by atoms with Gasteiger partial charge in [0.05, 0.1) is 33.6 Å². The Morgan fingerprint density at radius 1 is 1.22 bits per heavy atom. The van der Waals surface area contributed by atoms with Gasteiger partial charge in [0.25, 0.3) is 10.0 Å². The van der Waals surface area contributed by atoms with Crippen molar-refractivity contribution >= 4 is 77.2 Å². The smallest absolute Gasteiger partial charge is 0.252 e. The maximum absolute atomic E-state index is 14.0. The number of ether oxygens (including phenoxy) is 1. The molecule has 1 fully saturated rings. The van der Waals surface area contributed by atoms with Crippen molar-refractivity contribution in [3.05, 3.63) is 63.7 Å². The van der Waals surface area contributed by atoms with Crippen molar-refractivity contribution in [2.75, 3.05) is 25.1 Å². The number of sulfonamides is 1. The number of thiazole rings is 1. The molecule has 1 aliphatic heterocycles. The Bertz CT molecular complexity index is 1540. The molecule has 4 aromatic rings. The molecule has 0 aliphatic carbocycles. The van der Waals surface area contributed by atoms with E-state index in [1.165, 1.54) is 21.7 Å². The van der Waals surface area contributed by atoms with Gasteiger partial charge in [-0.05, 0) is 48.7 Å². The van der Waals surface area contributed by atoms with Crippen LogP contribution in [0.2, 0.25) is 9.36 Å². The molecule has 0 bridgehead atoms. The topological polar surface area (TPSA) is 92.7 Å². The van der Waals surface area contributed by atoms with Crippen LogP contribution in [0.25, 0.3) is 10.2 Å². The van der Waals surface area contributed by atoms with Crippen LogP contribution >= 0.6 is 45.9 Å². The summed E-state index contributed by atoms with van der Waals surface area (Å²) in [7, 11) is -2.20. The summed E-state index contributed by atoms with van der Waals surface area (Å²) in [5, 5.41) is 0.971. The molecule has 1 aromatic carbocycles. The Balaban J connectivity index is 1.49. The molecule has 1 unspecified atom stereocenters. The van der Waals surface area contributed by atoms with E-state index in [1.807, 2.05) is 6.07 Å². The largest absolute Gasteiger partial charge is 0.494 e. The first-order valence-electron chi connectivity index (χ1n) is 11.4. The van der Waals surface area contributed by atoms with Crippen molar-refractivity contribution in [3.8, 4) is 5.75 Å². The highest BCUT2D eigenvalue weighted by molar-refractivity contribution is 7.91. The number of carbonyl (C=O) groups excluding carboxylic acids is 1. The van der Waals surface area contributed by atoms with Gasteiger partial charge in [-0.3, -0.25) is 14.7 Å². The van der Waals surface area contributed by atoms with Gasteiger partial charge in [-0.2, -0.15) is 4.31 Å². The van der Waals surface area contributed by atoms with Crippen LogP contribution in [0.3, 0.4) is 0 Å². The van der Waals surface area contributed by atoms with Gasteiger partial charge in [-0.15, -0.1) is 11.3 Å². The lowest BCUT2D eigenvalue weighted by molar-refractivity contribution is -0.123. The summed E-state index contributed by atoms with van der Waals surface area (Å²) in [4.78, 5) is 24.5. The number of thiophene rings is 1. The maximum atomic E-state index is 14.0. The second-order valence-corrected chi connectivity index (χ2v) is 13.7. The number of methoxy groups -OCH3 is 1. The predicted octanol–water partition coefficient (Wildman–Crippen LogP) is 5.70. The summed E-state index contributed by atoms with van der Waals surface area (Å²) >= 11 is 14.7. The van der Waals surface area contributed by atoms with Crippen LogP contribution in [-0.4, -0.2) is 48.8 Å². The average molecular weight is 598 g/mol. The van der Waals surface area contributed by atoms with Crippen LogP contribution in [0.5, 0.6) is 5.75 Å². The van der Waals surface area contributed by atoms with Crippen molar-refractivity contribution < 1.29 is 17.9 Å². The number of hydrogen-bond donors (Lipinski definition) is 0. The molecular weight excluding hydrogens is 575 g/mol. The van der Waals surface area contributed by atoms with E-state index in [1.54, 1.807) is 48.7 Å². The summed E-state index contributed by atoms with van der Waals surface area (Å²) in [6.45, 7) is 0.656. The van der Waals surface area contributed by atoms with Crippen LogP contribution in [0.15, 0.2) is 53.0 Å². The molecule has 0 radical (unpaired) electrons. The molecule has 194 valence electrons. The molecule has 37 heavy (non-hydrogen) atoms. The van der Waals surface area contributed by atoms with E-state index in [9.17, 15) is 13.2 Å². The van der Waals surface area contributed by atoms with Gasteiger partial charge >= 0.3 is 0 Å². The van der Waals surface area contributed by atoms with Gasteiger partial charge in [-0.1, -0.05) is 40.6 Å². The van der Waals surface area contributed by atoms with Crippen molar-refractivity contribution in [2.45, 2.75) is 23.6 Å². The number of anilines is 1. The number of fused-ring (bicyclic) bond motifs is 1. The molecule has 0 spiro atoms. The minimum atomic E-state index is -3.75. The van der Waals surface area contributed by atoms with Crippen molar-refractivity contribution in [3.63, 3.8) is 0 Å². The average Bonchev–Trinajstić information content (AvgIpc) is 3.56. The molecule has 5 rings (SSSR count). The fraction of sp³-hybridized carbons (Fsp3) is 0.292. The number of carbonyl (C=O) groups is 1. The Kier molecular flexibility index (Phi) is 7.71. The zero-order valence-corrected chi connectivity index (χ0v) is 23.6. The first-order chi connectivity index (χ1) is 17.8. The van der Waals surface area contributed by atoms with E-state index in [-0.39, 0.29) is 23.2 Å². The third kappa shape index (κ3) is 5.34. The molecule has 1 amide bonds. The molecule has 0 N–H and O–H groups in total. The lowest BCUT2D eigenvalue weighted by Crippen LogP contribution is -2.46. The van der Waals surface area contributed by atoms with Gasteiger partial charge in [0.15, 0.2) is 5.13 Å². The highest BCUT2D eigenvalue weighted by atomic mass is 35.5. The molecule has 3 aromatic heterocycles. The van der Waals surface area contributed by atoms with E-state index >= 15 is 0 Å². The molecule has 8 nitrogen and oxygen atoms in total. The molecule has 1 atom stereocenters. The first-order valence-corrected chi connectivity index (χ1v) is 15.2. The number of benzene rings is 1. The second-order valence-electron chi connectivity index (χ2n) is 8.47.